The maximum atomic E-state index is 13.0. The summed E-state index contributed by atoms with van der Waals surface area (Å²) in [7, 11) is -0.494. The monoisotopic (exact) mass is 531 g/mol. The van der Waals surface area contributed by atoms with Gasteiger partial charge in [0, 0.05) is 25.6 Å². The normalized spacial score (nSPS) is 15.7. The van der Waals surface area contributed by atoms with E-state index in [-0.39, 0.29) is 48.2 Å². The minimum absolute atomic E-state index is 0.128. The van der Waals surface area contributed by atoms with Gasteiger partial charge >= 0.3 is 0 Å². The summed E-state index contributed by atoms with van der Waals surface area (Å²) >= 11 is 0. The highest BCUT2D eigenvalue weighted by atomic mass is 32.2. The van der Waals surface area contributed by atoms with Crippen molar-refractivity contribution in [2.24, 2.45) is 11.8 Å². The van der Waals surface area contributed by atoms with Gasteiger partial charge in [0.05, 0.1) is 19.1 Å². The first-order valence-electron chi connectivity index (χ1n) is 12.4. The number of carbonyl (C=O) groups is 2. The Morgan fingerprint density at radius 2 is 1.62 bits per heavy atom. The van der Waals surface area contributed by atoms with Crippen LogP contribution in [0.2, 0.25) is 0 Å². The third-order valence-electron chi connectivity index (χ3n) is 6.65. The SMILES string of the molecule is COc1ccc(CNC(=O)[C@@H](NC(=O)C2CCN(S(=O)(=O)c3ccc(C)cc3)CC2)C(C)C)cc1OC. The van der Waals surface area contributed by atoms with Crippen molar-refractivity contribution in [2.75, 3.05) is 27.3 Å². The van der Waals surface area contributed by atoms with Gasteiger partial charge in [-0.05, 0) is 55.5 Å². The van der Waals surface area contributed by atoms with Crippen LogP contribution in [0.15, 0.2) is 47.4 Å². The molecular weight excluding hydrogens is 494 g/mol. The summed E-state index contributed by atoms with van der Waals surface area (Å²) in [4.78, 5) is 26.2. The highest BCUT2D eigenvalue weighted by molar-refractivity contribution is 7.89. The lowest BCUT2D eigenvalue weighted by Crippen LogP contribution is -2.52. The molecule has 2 aromatic rings. The van der Waals surface area contributed by atoms with Gasteiger partial charge in [0.15, 0.2) is 11.5 Å². The Labute approximate surface area is 219 Å². The summed E-state index contributed by atoms with van der Waals surface area (Å²) < 4.78 is 37.9. The topological polar surface area (TPSA) is 114 Å². The van der Waals surface area contributed by atoms with Crippen LogP contribution in [0.25, 0.3) is 0 Å². The lowest BCUT2D eigenvalue weighted by Gasteiger charge is -2.32. The first-order valence-corrected chi connectivity index (χ1v) is 13.9. The molecule has 0 bridgehead atoms. The van der Waals surface area contributed by atoms with E-state index in [1.807, 2.05) is 26.8 Å². The molecule has 2 N–H and O–H groups in total. The number of benzene rings is 2. The van der Waals surface area contributed by atoms with E-state index in [1.165, 1.54) is 4.31 Å². The van der Waals surface area contributed by atoms with Crippen molar-refractivity contribution in [1.29, 1.82) is 0 Å². The molecule has 202 valence electrons. The van der Waals surface area contributed by atoms with E-state index in [1.54, 1.807) is 50.6 Å². The Kier molecular flexibility index (Phi) is 9.56. The first kappa shape index (κ1) is 28.5. The zero-order chi connectivity index (χ0) is 27.2. The number of amides is 2. The van der Waals surface area contributed by atoms with Crippen molar-refractivity contribution in [1.82, 2.24) is 14.9 Å². The van der Waals surface area contributed by atoms with E-state index >= 15 is 0 Å². The molecule has 0 unspecified atom stereocenters. The van der Waals surface area contributed by atoms with Gasteiger partial charge in [-0.3, -0.25) is 9.59 Å². The average Bonchev–Trinajstić information content (AvgIpc) is 2.90. The lowest BCUT2D eigenvalue weighted by molar-refractivity contribution is -0.132. The molecule has 0 radical (unpaired) electrons. The zero-order valence-electron chi connectivity index (χ0n) is 22.1. The molecule has 1 atom stereocenters. The van der Waals surface area contributed by atoms with Crippen molar-refractivity contribution in [3.8, 4) is 11.5 Å². The fraction of sp³-hybridized carbons (Fsp3) is 0.481. The molecule has 0 spiro atoms. The highest BCUT2D eigenvalue weighted by Crippen LogP contribution is 2.28. The molecule has 1 saturated heterocycles. The first-order chi connectivity index (χ1) is 17.6. The van der Waals surface area contributed by atoms with Gasteiger partial charge in [-0.1, -0.05) is 37.6 Å². The third-order valence-corrected chi connectivity index (χ3v) is 8.56. The number of nitrogens with zero attached hydrogens (tertiary/aromatic N) is 1. The van der Waals surface area contributed by atoms with Gasteiger partial charge in [0.1, 0.15) is 6.04 Å². The summed E-state index contributed by atoms with van der Waals surface area (Å²) in [6.45, 7) is 6.43. The molecule has 0 aliphatic carbocycles. The van der Waals surface area contributed by atoms with Crippen LogP contribution in [0.3, 0.4) is 0 Å². The smallest absolute Gasteiger partial charge is 0.243 e. The average molecular weight is 532 g/mol. The number of hydrogen-bond acceptors (Lipinski definition) is 6. The molecule has 37 heavy (non-hydrogen) atoms. The Balaban J connectivity index is 1.56. The van der Waals surface area contributed by atoms with E-state index in [0.29, 0.717) is 24.3 Å². The van der Waals surface area contributed by atoms with Gasteiger partial charge in [-0.25, -0.2) is 8.42 Å². The second-order valence-electron chi connectivity index (χ2n) is 9.63. The molecule has 1 heterocycles. The quantitative estimate of drug-likeness (QED) is 0.487. The second kappa shape index (κ2) is 12.4. The van der Waals surface area contributed by atoms with Crippen LogP contribution in [-0.4, -0.2) is 57.9 Å². The lowest BCUT2D eigenvalue weighted by atomic mass is 9.95. The summed E-state index contributed by atoms with van der Waals surface area (Å²) in [6, 6.07) is 11.5. The number of nitrogens with one attached hydrogen (secondary N) is 2. The van der Waals surface area contributed by atoms with Crippen LogP contribution < -0.4 is 20.1 Å². The molecule has 2 aromatic carbocycles. The number of methoxy groups -OCH3 is 2. The Bertz CT molecular complexity index is 1190. The van der Waals surface area contributed by atoms with Crippen LogP contribution >= 0.6 is 0 Å². The van der Waals surface area contributed by atoms with Crippen molar-refractivity contribution in [3.05, 3.63) is 53.6 Å². The van der Waals surface area contributed by atoms with E-state index in [2.05, 4.69) is 10.6 Å². The van der Waals surface area contributed by atoms with E-state index in [4.69, 9.17) is 9.47 Å². The van der Waals surface area contributed by atoms with Crippen molar-refractivity contribution < 1.29 is 27.5 Å². The Morgan fingerprint density at radius 1 is 1.00 bits per heavy atom. The van der Waals surface area contributed by atoms with Crippen LogP contribution in [0, 0.1) is 18.8 Å². The summed E-state index contributed by atoms with van der Waals surface area (Å²) in [5.74, 6) is 0.173. The van der Waals surface area contributed by atoms with Gasteiger partial charge in [0.25, 0.3) is 0 Å². The molecule has 0 aromatic heterocycles. The van der Waals surface area contributed by atoms with Crippen molar-refractivity contribution >= 4 is 21.8 Å². The molecule has 1 aliphatic heterocycles. The molecular formula is C27H37N3O6S. The van der Waals surface area contributed by atoms with Crippen molar-refractivity contribution in [2.45, 2.75) is 51.1 Å². The fourth-order valence-electron chi connectivity index (χ4n) is 4.31. The Hall–Kier alpha value is -3.11. The van der Waals surface area contributed by atoms with E-state index in [0.717, 1.165) is 11.1 Å². The maximum Gasteiger partial charge on any atom is 0.243 e. The van der Waals surface area contributed by atoms with Crippen LogP contribution in [0.5, 0.6) is 11.5 Å². The predicted octanol–water partition coefficient (Wildman–Crippen LogP) is 2.87. The number of carbonyl (C=O) groups excluding carboxylic acids is 2. The predicted molar refractivity (Wildman–Crippen MR) is 141 cm³/mol. The molecule has 2 amide bonds. The summed E-state index contributed by atoms with van der Waals surface area (Å²) in [6.07, 6.45) is 0.796. The highest BCUT2D eigenvalue weighted by Gasteiger charge is 2.34. The molecule has 0 saturated carbocycles. The number of piperidine rings is 1. The number of sulfonamides is 1. The maximum absolute atomic E-state index is 13.0. The van der Waals surface area contributed by atoms with Crippen LogP contribution in [0.4, 0.5) is 0 Å². The number of hydrogen-bond donors (Lipinski definition) is 2. The van der Waals surface area contributed by atoms with Gasteiger partial charge < -0.3 is 20.1 Å². The van der Waals surface area contributed by atoms with E-state index in [9.17, 15) is 18.0 Å². The largest absolute Gasteiger partial charge is 0.493 e. The van der Waals surface area contributed by atoms with Gasteiger partial charge in [-0.2, -0.15) is 4.31 Å². The molecule has 10 heteroatoms. The molecule has 1 fully saturated rings. The van der Waals surface area contributed by atoms with Crippen molar-refractivity contribution in [3.63, 3.8) is 0 Å². The van der Waals surface area contributed by atoms with Gasteiger partial charge in [-0.15, -0.1) is 0 Å². The van der Waals surface area contributed by atoms with E-state index < -0.39 is 16.1 Å². The Morgan fingerprint density at radius 3 is 2.19 bits per heavy atom. The number of rotatable bonds is 10. The molecule has 9 nitrogen and oxygen atoms in total. The van der Waals surface area contributed by atoms with Gasteiger partial charge in [0.2, 0.25) is 21.8 Å². The van der Waals surface area contributed by atoms with Crippen LogP contribution in [-0.2, 0) is 26.2 Å². The zero-order valence-corrected chi connectivity index (χ0v) is 22.9. The third kappa shape index (κ3) is 7.01. The second-order valence-corrected chi connectivity index (χ2v) is 11.6. The number of ether oxygens (including phenoxy) is 2. The standard InChI is InChI=1S/C27H37N3O6S/c1-18(2)25(27(32)28-17-20-8-11-23(35-4)24(16-20)36-5)29-26(31)21-12-14-30(15-13-21)37(33,34)22-9-6-19(3)7-10-22/h6-11,16,18,21,25H,12-15,17H2,1-5H3,(H,28,32)(H,29,31)/t25-/m0/s1. The molecule has 3 rings (SSSR count). The molecule has 1 aliphatic rings. The number of aryl methyl sites for hydroxylation is 1. The minimum Gasteiger partial charge on any atom is -0.493 e. The minimum atomic E-state index is -3.60. The summed E-state index contributed by atoms with van der Waals surface area (Å²) in [5, 5.41) is 5.78. The fourth-order valence-corrected chi connectivity index (χ4v) is 5.78. The summed E-state index contributed by atoms with van der Waals surface area (Å²) in [5.41, 5.74) is 1.82. The van der Waals surface area contributed by atoms with Crippen LogP contribution in [0.1, 0.15) is 37.8 Å².